The van der Waals surface area contributed by atoms with Crippen LogP contribution in [-0.4, -0.2) is 24.0 Å². The van der Waals surface area contributed by atoms with Crippen LogP contribution in [0.15, 0.2) is 42.7 Å². The Morgan fingerprint density at radius 2 is 2.00 bits per heavy atom. The van der Waals surface area contributed by atoms with Gasteiger partial charge in [0, 0.05) is 23.1 Å². The van der Waals surface area contributed by atoms with Crippen LogP contribution in [0.4, 0.5) is 5.69 Å². The van der Waals surface area contributed by atoms with Gasteiger partial charge in [0.1, 0.15) is 0 Å². The van der Waals surface area contributed by atoms with E-state index in [1.54, 1.807) is 24.5 Å². The molecule has 0 unspecified atom stereocenters. The summed E-state index contributed by atoms with van der Waals surface area (Å²) in [6.45, 7) is 2.95. The van der Waals surface area contributed by atoms with Gasteiger partial charge < -0.3 is 10.6 Å². The highest BCUT2D eigenvalue weighted by Crippen LogP contribution is 2.19. The van der Waals surface area contributed by atoms with Crippen molar-refractivity contribution in [1.82, 2.24) is 10.3 Å². The molecule has 21 heavy (non-hydrogen) atoms. The summed E-state index contributed by atoms with van der Waals surface area (Å²) < 4.78 is 0. The standard InChI is InChI=1S/C16H18ClN3O/c1-12-2-3-14(17)10-15(12)20-16(21)11-19-9-6-13-4-7-18-8-5-13/h2-5,7-8,10,19H,6,9,11H2,1H3,(H,20,21). The second-order valence-corrected chi connectivity index (χ2v) is 5.23. The molecule has 0 aliphatic heterocycles. The summed E-state index contributed by atoms with van der Waals surface area (Å²) in [7, 11) is 0. The Kier molecular flexibility index (Phi) is 5.72. The highest BCUT2D eigenvalue weighted by atomic mass is 35.5. The molecule has 0 atom stereocenters. The van der Waals surface area contributed by atoms with E-state index in [2.05, 4.69) is 15.6 Å². The summed E-state index contributed by atoms with van der Waals surface area (Å²) in [5.74, 6) is -0.0740. The molecule has 110 valence electrons. The number of carbonyl (C=O) groups is 1. The maximum Gasteiger partial charge on any atom is 0.238 e. The average Bonchev–Trinajstić information content (AvgIpc) is 2.48. The molecule has 0 bridgehead atoms. The Labute approximate surface area is 129 Å². The van der Waals surface area contributed by atoms with Crippen molar-refractivity contribution in [3.8, 4) is 0 Å². The van der Waals surface area contributed by atoms with Crippen molar-refractivity contribution in [3.05, 3.63) is 58.9 Å². The second kappa shape index (κ2) is 7.76. The molecule has 0 fully saturated rings. The number of benzene rings is 1. The highest BCUT2D eigenvalue weighted by molar-refractivity contribution is 6.31. The number of hydrogen-bond donors (Lipinski definition) is 2. The van der Waals surface area contributed by atoms with Crippen LogP contribution < -0.4 is 10.6 Å². The highest BCUT2D eigenvalue weighted by Gasteiger charge is 2.05. The number of halogens is 1. The number of aromatic nitrogens is 1. The molecular formula is C16H18ClN3O. The van der Waals surface area contributed by atoms with Crippen molar-refractivity contribution >= 4 is 23.2 Å². The van der Waals surface area contributed by atoms with E-state index in [1.807, 2.05) is 25.1 Å². The van der Waals surface area contributed by atoms with E-state index < -0.39 is 0 Å². The minimum Gasteiger partial charge on any atom is -0.325 e. The fourth-order valence-electron chi connectivity index (χ4n) is 1.91. The molecule has 2 N–H and O–H groups in total. The van der Waals surface area contributed by atoms with Crippen molar-refractivity contribution in [2.75, 3.05) is 18.4 Å². The van der Waals surface area contributed by atoms with Crippen LogP contribution in [0.1, 0.15) is 11.1 Å². The number of pyridine rings is 1. The first-order valence-corrected chi connectivity index (χ1v) is 7.18. The molecule has 2 rings (SSSR count). The predicted octanol–water partition coefficient (Wildman–Crippen LogP) is 2.81. The van der Waals surface area contributed by atoms with Crippen LogP contribution in [0.5, 0.6) is 0 Å². The van der Waals surface area contributed by atoms with Gasteiger partial charge in [-0.05, 0) is 55.3 Å². The molecule has 0 aliphatic rings. The maximum absolute atomic E-state index is 11.9. The van der Waals surface area contributed by atoms with Crippen molar-refractivity contribution in [2.24, 2.45) is 0 Å². The third-order valence-electron chi connectivity index (χ3n) is 3.10. The summed E-state index contributed by atoms with van der Waals surface area (Å²) in [6, 6.07) is 9.38. The molecule has 2 aromatic rings. The SMILES string of the molecule is Cc1ccc(Cl)cc1NC(=O)CNCCc1ccncc1. The van der Waals surface area contributed by atoms with E-state index in [9.17, 15) is 4.79 Å². The fraction of sp³-hybridized carbons (Fsp3) is 0.250. The van der Waals surface area contributed by atoms with Crippen molar-refractivity contribution in [1.29, 1.82) is 0 Å². The Balaban J connectivity index is 1.74. The Bertz CT molecular complexity index is 602. The van der Waals surface area contributed by atoms with Crippen molar-refractivity contribution in [2.45, 2.75) is 13.3 Å². The van der Waals surface area contributed by atoms with Crippen LogP contribution in [0.2, 0.25) is 5.02 Å². The third-order valence-corrected chi connectivity index (χ3v) is 3.33. The number of nitrogens with one attached hydrogen (secondary N) is 2. The maximum atomic E-state index is 11.9. The summed E-state index contributed by atoms with van der Waals surface area (Å²) >= 11 is 5.92. The van der Waals surface area contributed by atoms with Crippen molar-refractivity contribution in [3.63, 3.8) is 0 Å². The molecule has 5 heteroatoms. The molecule has 4 nitrogen and oxygen atoms in total. The van der Waals surface area contributed by atoms with E-state index in [4.69, 9.17) is 11.6 Å². The van der Waals surface area contributed by atoms with E-state index in [0.717, 1.165) is 24.2 Å². The molecule has 1 heterocycles. The van der Waals surface area contributed by atoms with Gasteiger partial charge in [0.05, 0.1) is 6.54 Å². The van der Waals surface area contributed by atoms with Crippen LogP contribution in [0, 0.1) is 6.92 Å². The lowest BCUT2D eigenvalue weighted by Gasteiger charge is -2.09. The number of aryl methyl sites for hydroxylation is 1. The molecule has 0 saturated carbocycles. The van der Waals surface area contributed by atoms with E-state index in [1.165, 1.54) is 5.56 Å². The Hall–Kier alpha value is -1.91. The van der Waals surface area contributed by atoms with E-state index in [-0.39, 0.29) is 12.5 Å². The average molecular weight is 304 g/mol. The summed E-state index contributed by atoms with van der Waals surface area (Å²) in [5, 5.41) is 6.59. The van der Waals surface area contributed by atoms with Gasteiger partial charge in [0.25, 0.3) is 0 Å². The van der Waals surface area contributed by atoms with Gasteiger partial charge >= 0.3 is 0 Å². The van der Waals surface area contributed by atoms with Gasteiger partial charge in [-0.1, -0.05) is 17.7 Å². The van der Waals surface area contributed by atoms with E-state index in [0.29, 0.717) is 5.02 Å². The monoisotopic (exact) mass is 303 g/mol. The van der Waals surface area contributed by atoms with Crippen LogP contribution >= 0.6 is 11.6 Å². The van der Waals surface area contributed by atoms with Gasteiger partial charge in [0.15, 0.2) is 0 Å². The molecular weight excluding hydrogens is 286 g/mol. The molecule has 0 spiro atoms. The van der Waals surface area contributed by atoms with E-state index >= 15 is 0 Å². The Morgan fingerprint density at radius 3 is 2.76 bits per heavy atom. The quantitative estimate of drug-likeness (QED) is 0.807. The lowest BCUT2D eigenvalue weighted by atomic mass is 10.2. The summed E-state index contributed by atoms with van der Waals surface area (Å²) in [6.07, 6.45) is 4.40. The first-order valence-electron chi connectivity index (χ1n) is 6.81. The summed E-state index contributed by atoms with van der Waals surface area (Å²) in [5.41, 5.74) is 2.94. The molecule has 1 aromatic heterocycles. The van der Waals surface area contributed by atoms with Crippen LogP contribution in [-0.2, 0) is 11.2 Å². The normalized spacial score (nSPS) is 10.4. The smallest absolute Gasteiger partial charge is 0.238 e. The molecule has 1 amide bonds. The zero-order chi connectivity index (χ0) is 15.1. The topological polar surface area (TPSA) is 54.0 Å². The first kappa shape index (κ1) is 15.5. The fourth-order valence-corrected chi connectivity index (χ4v) is 2.08. The largest absolute Gasteiger partial charge is 0.325 e. The molecule has 0 radical (unpaired) electrons. The minimum atomic E-state index is -0.0740. The van der Waals surface area contributed by atoms with Crippen LogP contribution in [0.25, 0.3) is 0 Å². The zero-order valence-electron chi connectivity index (χ0n) is 11.9. The van der Waals surface area contributed by atoms with Gasteiger partial charge in [0.2, 0.25) is 5.91 Å². The predicted molar refractivity (Wildman–Crippen MR) is 85.6 cm³/mol. The number of amides is 1. The zero-order valence-corrected chi connectivity index (χ0v) is 12.7. The lowest BCUT2D eigenvalue weighted by Crippen LogP contribution is -2.29. The van der Waals surface area contributed by atoms with Gasteiger partial charge in [-0.2, -0.15) is 0 Å². The lowest BCUT2D eigenvalue weighted by molar-refractivity contribution is -0.115. The summed E-state index contributed by atoms with van der Waals surface area (Å²) in [4.78, 5) is 15.8. The number of hydrogen-bond acceptors (Lipinski definition) is 3. The third kappa shape index (κ3) is 5.17. The molecule has 1 aromatic carbocycles. The molecule has 0 saturated heterocycles. The number of rotatable bonds is 6. The molecule has 0 aliphatic carbocycles. The Morgan fingerprint density at radius 1 is 1.24 bits per heavy atom. The number of anilines is 1. The minimum absolute atomic E-state index is 0.0740. The van der Waals surface area contributed by atoms with Gasteiger partial charge in [-0.25, -0.2) is 0 Å². The van der Waals surface area contributed by atoms with Crippen molar-refractivity contribution < 1.29 is 4.79 Å². The first-order chi connectivity index (χ1) is 10.1. The number of carbonyl (C=O) groups excluding carboxylic acids is 1. The second-order valence-electron chi connectivity index (χ2n) is 4.79. The van der Waals surface area contributed by atoms with Gasteiger partial charge in [-0.15, -0.1) is 0 Å². The van der Waals surface area contributed by atoms with Gasteiger partial charge in [-0.3, -0.25) is 9.78 Å². The van der Waals surface area contributed by atoms with Crippen LogP contribution in [0.3, 0.4) is 0 Å². The number of nitrogens with zero attached hydrogens (tertiary/aromatic N) is 1.